The molecule has 1 aliphatic carbocycles. The van der Waals surface area contributed by atoms with E-state index in [1.54, 1.807) is 0 Å². The minimum absolute atomic E-state index is 0.0553. The van der Waals surface area contributed by atoms with Crippen LogP contribution in [0.3, 0.4) is 0 Å². The van der Waals surface area contributed by atoms with Crippen LogP contribution in [-0.4, -0.2) is 75.3 Å². The van der Waals surface area contributed by atoms with Crippen molar-refractivity contribution in [1.82, 2.24) is 9.88 Å². The van der Waals surface area contributed by atoms with Crippen molar-refractivity contribution < 1.29 is 44.5 Å². The van der Waals surface area contributed by atoms with E-state index >= 15 is 0 Å². The van der Waals surface area contributed by atoms with E-state index in [-0.39, 0.29) is 22.8 Å². The molecule has 1 atom stereocenters. The van der Waals surface area contributed by atoms with Gasteiger partial charge >= 0.3 is 21.6 Å². The number of pyridine rings is 1. The van der Waals surface area contributed by atoms with E-state index < -0.39 is 33.1 Å². The molecule has 1 aliphatic heterocycles. The van der Waals surface area contributed by atoms with Crippen molar-refractivity contribution in [3.63, 3.8) is 0 Å². The monoisotopic (exact) mass is 521 g/mol. The second kappa shape index (κ2) is 9.82. The summed E-state index contributed by atoms with van der Waals surface area (Å²) in [4.78, 5) is 18.6. The van der Waals surface area contributed by atoms with Gasteiger partial charge in [0, 0.05) is 24.7 Å². The first kappa shape index (κ1) is 25.5. The first-order chi connectivity index (χ1) is 16.5. The fourth-order valence-corrected chi connectivity index (χ4v) is 4.98. The Hall–Kier alpha value is -2.58. The number of likely N-dealkylation sites (N-methyl/N-ethyl adjacent to an activating group) is 1. The van der Waals surface area contributed by atoms with Crippen LogP contribution in [0.4, 0.5) is 19.0 Å². The number of esters is 1. The van der Waals surface area contributed by atoms with E-state index in [0.717, 1.165) is 52.4 Å². The minimum Gasteiger partial charge on any atom is -0.463 e. The van der Waals surface area contributed by atoms with Crippen molar-refractivity contribution in [2.75, 3.05) is 32.7 Å². The molecule has 2 aliphatic rings. The minimum atomic E-state index is -6.06. The number of aromatic nitrogens is 1. The molecule has 0 bridgehead atoms. The number of anilines is 1. The van der Waals surface area contributed by atoms with Crippen molar-refractivity contribution >= 4 is 32.9 Å². The third-order valence-corrected chi connectivity index (χ3v) is 7.44. The maximum absolute atomic E-state index is 12.9. The van der Waals surface area contributed by atoms with Crippen LogP contribution in [0.25, 0.3) is 11.0 Å². The van der Waals surface area contributed by atoms with E-state index in [9.17, 15) is 26.4 Å². The molecule has 14 heteroatoms. The molecule has 1 N–H and O–H groups in total. The lowest BCUT2D eigenvalue weighted by Crippen LogP contribution is -2.44. The van der Waals surface area contributed by atoms with Gasteiger partial charge < -0.3 is 23.4 Å². The third kappa shape index (κ3) is 5.33. The van der Waals surface area contributed by atoms with Gasteiger partial charge in [-0.15, -0.1) is 0 Å². The van der Waals surface area contributed by atoms with Crippen molar-refractivity contribution in [1.29, 1.82) is 0 Å². The van der Waals surface area contributed by atoms with E-state index in [1.807, 2.05) is 0 Å². The number of methoxy groups -OCH3 is 1. The van der Waals surface area contributed by atoms with Gasteiger partial charge in [-0.2, -0.15) is 21.6 Å². The van der Waals surface area contributed by atoms with Gasteiger partial charge in [0.05, 0.1) is 25.3 Å². The summed E-state index contributed by atoms with van der Waals surface area (Å²) in [7, 11) is -2.98. The number of halogens is 3. The molecular formula is C21H26F3N3O7S. The fraction of sp³-hybridized carbons (Fsp3) is 0.619. The third-order valence-electron chi connectivity index (χ3n) is 6.48. The standard InChI is InChI=1S/C21H26F3N3O7S/c1-27(14-7-8-32-11-14)13-5-3-12(4-6-13)26-17-9-15-16(10-25-17)33-19(20(28)31-2)18(15)34-35(29,30)21(22,23)24/h9-10,12-14H,3-8,11H2,1-2H3,(H,25,26)/t12?,13?,14-/m0/s1. The normalized spacial score (nSPS) is 23.5. The summed E-state index contributed by atoms with van der Waals surface area (Å²) in [6.07, 6.45) is 5.77. The molecule has 10 nitrogen and oxygen atoms in total. The van der Waals surface area contributed by atoms with Gasteiger partial charge in [-0.1, -0.05) is 0 Å². The number of carbonyl (C=O) groups excluding carboxylic acids is 1. The van der Waals surface area contributed by atoms with Crippen LogP contribution in [-0.2, 0) is 19.6 Å². The molecular weight excluding hydrogens is 495 g/mol. The first-order valence-corrected chi connectivity index (χ1v) is 12.5. The van der Waals surface area contributed by atoms with Crippen molar-refractivity contribution in [2.24, 2.45) is 0 Å². The molecule has 1 saturated carbocycles. The maximum Gasteiger partial charge on any atom is 0.534 e. The topological polar surface area (TPSA) is 120 Å². The SMILES string of the molecule is COC(=O)c1oc2cnc(NC3CCC(N(C)[C@H]4CCOC4)CC3)cc2c1OS(=O)(=O)C(F)(F)F. The van der Waals surface area contributed by atoms with Crippen molar-refractivity contribution in [2.45, 2.75) is 55.7 Å². The van der Waals surface area contributed by atoms with Crippen LogP contribution in [0.15, 0.2) is 16.7 Å². The van der Waals surface area contributed by atoms with Crippen molar-refractivity contribution in [3.8, 4) is 5.75 Å². The lowest BCUT2D eigenvalue weighted by Gasteiger charge is -2.37. The highest BCUT2D eigenvalue weighted by molar-refractivity contribution is 7.88. The van der Waals surface area contributed by atoms with Gasteiger partial charge in [-0.05, 0) is 45.2 Å². The Morgan fingerprint density at radius 2 is 1.91 bits per heavy atom. The van der Waals surface area contributed by atoms with Gasteiger partial charge in [0.1, 0.15) is 5.82 Å². The Morgan fingerprint density at radius 3 is 2.51 bits per heavy atom. The van der Waals surface area contributed by atoms with Gasteiger partial charge in [0.15, 0.2) is 5.58 Å². The van der Waals surface area contributed by atoms with Crippen LogP contribution >= 0.6 is 0 Å². The number of nitrogens with one attached hydrogen (secondary N) is 1. The van der Waals surface area contributed by atoms with Crippen LogP contribution in [0.5, 0.6) is 5.75 Å². The molecule has 0 spiro atoms. The second-order valence-corrected chi connectivity index (χ2v) is 10.2. The lowest BCUT2D eigenvalue weighted by molar-refractivity contribution is -0.0500. The first-order valence-electron chi connectivity index (χ1n) is 11.1. The zero-order valence-electron chi connectivity index (χ0n) is 19.1. The zero-order valence-corrected chi connectivity index (χ0v) is 19.9. The highest BCUT2D eigenvalue weighted by Crippen LogP contribution is 2.38. The molecule has 1 saturated heterocycles. The second-order valence-electron chi connectivity index (χ2n) is 8.63. The molecule has 2 fully saturated rings. The number of ether oxygens (including phenoxy) is 2. The molecule has 35 heavy (non-hydrogen) atoms. The molecule has 2 aromatic rings. The number of hydrogen-bond acceptors (Lipinski definition) is 10. The number of alkyl halides is 3. The molecule has 2 aromatic heterocycles. The summed E-state index contributed by atoms with van der Waals surface area (Å²) >= 11 is 0. The van der Waals surface area contributed by atoms with Gasteiger partial charge in [-0.25, -0.2) is 9.78 Å². The Bertz CT molecular complexity index is 1170. The van der Waals surface area contributed by atoms with E-state index in [1.165, 1.54) is 12.3 Å². The molecule has 0 amide bonds. The highest BCUT2D eigenvalue weighted by Gasteiger charge is 2.49. The molecule has 3 heterocycles. The highest BCUT2D eigenvalue weighted by atomic mass is 32.2. The van der Waals surface area contributed by atoms with E-state index in [4.69, 9.17) is 9.15 Å². The van der Waals surface area contributed by atoms with E-state index in [2.05, 4.69) is 31.2 Å². The zero-order chi connectivity index (χ0) is 25.4. The van der Waals surface area contributed by atoms with E-state index in [0.29, 0.717) is 12.1 Å². The van der Waals surface area contributed by atoms with Crippen LogP contribution in [0, 0.1) is 0 Å². The molecule has 0 aromatic carbocycles. The summed E-state index contributed by atoms with van der Waals surface area (Å²) in [5, 5.41) is 3.07. The number of fused-ring (bicyclic) bond motifs is 1. The molecule has 0 radical (unpaired) electrons. The average molecular weight is 522 g/mol. The summed E-state index contributed by atoms with van der Waals surface area (Å²) < 4.78 is 81.5. The predicted octanol–water partition coefficient (Wildman–Crippen LogP) is 3.29. The number of rotatable bonds is 7. The molecule has 0 unspecified atom stereocenters. The Morgan fingerprint density at radius 1 is 1.20 bits per heavy atom. The molecule has 194 valence electrons. The lowest BCUT2D eigenvalue weighted by atomic mass is 9.89. The number of hydrogen-bond donors (Lipinski definition) is 1. The van der Waals surface area contributed by atoms with Crippen molar-refractivity contribution in [3.05, 3.63) is 18.0 Å². The summed E-state index contributed by atoms with van der Waals surface area (Å²) in [5.41, 5.74) is -5.83. The summed E-state index contributed by atoms with van der Waals surface area (Å²) in [5.74, 6) is -2.63. The predicted molar refractivity (Wildman–Crippen MR) is 118 cm³/mol. The number of carbonyl (C=O) groups is 1. The number of nitrogens with zero attached hydrogens (tertiary/aromatic N) is 2. The summed E-state index contributed by atoms with van der Waals surface area (Å²) in [6.45, 7) is 1.52. The maximum atomic E-state index is 12.9. The Kier molecular flexibility index (Phi) is 7.16. The van der Waals surface area contributed by atoms with Crippen LogP contribution in [0.2, 0.25) is 0 Å². The Balaban J connectivity index is 1.52. The largest absolute Gasteiger partial charge is 0.534 e. The Labute approximate surface area is 199 Å². The quantitative estimate of drug-likeness (QED) is 0.330. The number of furan rings is 1. The smallest absolute Gasteiger partial charge is 0.463 e. The van der Waals surface area contributed by atoms with Crippen LogP contribution < -0.4 is 9.50 Å². The van der Waals surface area contributed by atoms with Crippen LogP contribution in [0.1, 0.15) is 42.7 Å². The van der Waals surface area contributed by atoms with Gasteiger partial charge in [-0.3, -0.25) is 4.90 Å². The molecule has 4 rings (SSSR count). The van der Waals surface area contributed by atoms with Gasteiger partial charge in [0.2, 0.25) is 5.75 Å². The fourth-order valence-electron chi connectivity index (χ4n) is 4.50. The average Bonchev–Trinajstić information content (AvgIpc) is 3.46. The summed E-state index contributed by atoms with van der Waals surface area (Å²) in [6, 6.07) is 2.20. The van der Waals surface area contributed by atoms with Gasteiger partial charge in [0.25, 0.3) is 5.76 Å².